The first kappa shape index (κ1) is 13.6. The van der Waals surface area contributed by atoms with E-state index in [0.29, 0.717) is 12.1 Å². The van der Waals surface area contributed by atoms with E-state index < -0.39 is 5.97 Å². The maximum atomic E-state index is 11.7. The van der Waals surface area contributed by atoms with E-state index in [2.05, 4.69) is 5.32 Å². The van der Waals surface area contributed by atoms with Gasteiger partial charge in [-0.3, -0.25) is 4.79 Å². The number of nitrogens with one attached hydrogen (secondary N) is 1. The van der Waals surface area contributed by atoms with Crippen LogP contribution in [0, 0.1) is 5.92 Å². The first-order valence-electron chi connectivity index (χ1n) is 6.74. The fourth-order valence-electron chi connectivity index (χ4n) is 2.14. The molecule has 1 aliphatic carbocycles. The van der Waals surface area contributed by atoms with Gasteiger partial charge in [0.1, 0.15) is 0 Å². The zero-order chi connectivity index (χ0) is 13.7. The minimum atomic E-state index is -0.989. The summed E-state index contributed by atoms with van der Waals surface area (Å²) in [7, 11) is 0. The fraction of sp³-hybridized carbons (Fsp3) is 0.467. The molecule has 1 aliphatic rings. The summed E-state index contributed by atoms with van der Waals surface area (Å²) in [6.45, 7) is 0.685. The molecule has 102 valence electrons. The number of carboxylic acids is 1. The molecule has 1 saturated carbocycles. The standard InChI is InChI=1S/C15H19NO3/c17-14(16-9-3-4-11-7-8-11)10-12-5-1-2-6-13(12)15(18)19/h1-2,5-6,11H,3-4,7-10H2,(H,16,17)(H,18,19). The average Bonchev–Trinajstić information content (AvgIpc) is 3.19. The van der Waals surface area contributed by atoms with Crippen LogP contribution in [0.15, 0.2) is 24.3 Å². The number of amides is 1. The second kappa shape index (κ2) is 6.36. The summed E-state index contributed by atoms with van der Waals surface area (Å²) in [5.74, 6) is -0.216. The summed E-state index contributed by atoms with van der Waals surface area (Å²) < 4.78 is 0. The van der Waals surface area contributed by atoms with Crippen LogP contribution in [0.3, 0.4) is 0 Å². The van der Waals surface area contributed by atoms with Crippen LogP contribution in [0.4, 0.5) is 0 Å². The Bertz CT molecular complexity index is 466. The van der Waals surface area contributed by atoms with Gasteiger partial charge in [0.15, 0.2) is 0 Å². The second-order valence-electron chi connectivity index (χ2n) is 5.07. The predicted molar refractivity (Wildman–Crippen MR) is 72.1 cm³/mol. The molecule has 1 fully saturated rings. The van der Waals surface area contributed by atoms with Crippen molar-refractivity contribution in [1.82, 2.24) is 5.32 Å². The molecular formula is C15H19NO3. The van der Waals surface area contributed by atoms with E-state index in [9.17, 15) is 9.59 Å². The van der Waals surface area contributed by atoms with Gasteiger partial charge in [-0.2, -0.15) is 0 Å². The fourth-order valence-corrected chi connectivity index (χ4v) is 2.14. The summed E-state index contributed by atoms with van der Waals surface area (Å²) >= 11 is 0. The molecule has 19 heavy (non-hydrogen) atoms. The summed E-state index contributed by atoms with van der Waals surface area (Å²) in [4.78, 5) is 22.8. The Kier molecular flexibility index (Phi) is 4.55. The Morgan fingerprint density at radius 3 is 2.68 bits per heavy atom. The lowest BCUT2D eigenvalue weighted by Crippen LogP contribution is -2.26. The summed E-state index contributed by atoms with van der Waals surface area (Å²) in [5.41, 5.74) is 0.769. The second-order valence-corrected chi connectivity index (χ2v) is 5.07. The van der Waals surface area contributed by atoms with Crippen LogP contribution in [-0.2, 0) is 11.2 Å². The average molecular weight is 261 g/mol. The quantitative estimate of drug-likeness (QED) is 0.740. The number of hydrogen-bond acceptors (Lipinski definition) is 2. The molecule has 2 N–H and O–H groups in total. The molecule has 0 atom stereocenters. The third-order valence-electron chi connectivity index (χ3n) is 3.41. The number of rotatable bonds is 7. The van der Waals surface area contributed by atoms with E-state index in [1.165, 1.54) is 25.3 Å². The number of carboxylic acid groups (broad SMARTS) is 1. The van der Waals surface area contributed by atoms with Crippen molar-refractivity contribution in [1.29, 1.82) is 0 Å². The maximum absolute atomic E-state index is 11.7. The van der Waals surface area contributed by atoms with Crippen LogP contribution in [0.25, 0.3) is 0 Å². The van der Waals surface area contributed by atoms with Gasteiger partial charge < -0.3 is 10.4 Å². The van der Waals surface area contributed by atoms with Crippen molar-refractivity contribution < 1.29 is 14.7 Å². The lowest BCUT2D eigenvalue weighted by Gasteiger charge is -2.07. The monoisotopic (exact) mass is 261 g/mol. The van der Waals surface area contributed by atoms with E-state index in [0.717, 1.165) is 12.3 Å². The Hall–Kier alpha value is -1.84. The summed E-state index contributed by atoms with van der Waals surface area (Å²) in [5, 5.41) is 11.9. The van der Waals surface area contributed by atoms with Crippen molar-refractivity contribution in [3.63, 3.8) is 0 Å². The maximum Gasteiger partial charge on any atom is 0.335 e. The Morgan fingerprint density at radius 1 is 1.26 bits per heavy atom. The molecular weight excluding hydrogens is 242 g/mol. The van der Waals surface area contributed by atoms with Crippen molar-refractivity contribution in [2.75, 3.05) is 6.54 Å². The lowest BCUT2D eigenvalue weighted by atomic mass is 10.0. The van der Waals surface area contributed by atoms with E-state index in [1.807, 2.05) is 0 Å². The van der Waals surface area contributed by atoms with Crippen molar-refractivity contribution in [2.24, 2.45) is 5.92 Å². The normalized spacial score (nSPS) is 14.1. The van der Waals surface area contributed by atoms with E-state index in [-0.39, 0.29) is 17.9 Å². The first-order chi connectivity index (χ1) is 9.16. The molecule has 0 bridgehead atoms. The zero-order valence-corrected chi connectivity index (χ0v) is 10.9. The molecule has 0 aliphatic heterocycles. The van der Waals surface area contributed by atoms with Crippen molar-refractivity contribution in [2.45, 2.75) is 32.1 Å². The van der Waals surface area contributed by atoms with E-state index in [1.54, 1.807) is 18.2 Å². The smallest absolute Gasteiger partial charge is 0.335 e. The largest absolute Gasteiger partial charge is 0.478 e. The molecule has 0 aromatic heterocycles. The van der Waals surface area contributed by atoms with Gasteiger partial charge in [-0.15, -0.1) is 0 Å². The van der Waals surface area contributed by atoms with Crippen LogP contribution < -0.4 is 5.32 Å². The third kappa shape index (κ3) is 4.39. The number of carbonyl (C=O) groups is 2. The highest BCUT2D eigenvalue weighted by molar-refractivity contribution is 5.91. The van der Waals surface area contributed by atoms with Crippen LogP contribution in [0.2, 0.25) is 0 Å². The molecule has 0 spiro atoms. The number of carbonyl (C=O) groups excluding carboxylic acids is 1. The van der Waals surface area contributed by atoms with E-state index in [4.69, 9.17) is 5.11 Å². The zero-order valence-electron chi connectivity index (χ0n) is 10.9. The Labute approximate surface area is 112 Å². The van der Waals surface area contributed by atoms with Gasteiger partial charge in [-0.05, 0) is 30.4 Å². The highest BCUT2D eigenvalue weighted by Gasteiger charge is 2.20. The topological polar surface area (TPSA) is 66.4 Å². The minimum Gasteiger partial charge on any atom is -0.478 e. The summed E-state index contributed by atoms with van der Waals surface area (Å²) in [6, 6.07) is 6.63. The minimum absolute atomic E-state index is 0.107. The van der Waals surface area contributed by atoms with Gasteiger partial charge in [0, 0.05) is 6.54 Å². The molecule has 1 aromatic rings. The van der Waals surface area contributed by atoms with Crippen LogP contribution in [0.5, 0.6) is 0 Å². The Morgan fingerprint density at radius 2 is 2.00 bits per heavy atom. The molecule has 1 amide bonds. The van der Waals surface area contributed by atoms with Gasteiger partial charge in [-0.25, -0.2) is 4.79 Å². The van der Waals surface area contributed by atoms with Crippen molar-refractivity contribution in [3.05, 3.63) is 35.4 Å². The molecule has 4 heteroatoms. The number of aromatic carboxylic acids is 1. The summed E-state index contributed by atoms with van der Waals surface area (Å²) in [6.07, 6.45) is 4.99. The van der Waals surface area contributed by atoms with Crippen LogP contribution in [0.1, 0.15) is 41.6 Å². The molecule has 0 saturated heterocycles. The number of hydrogen-bond donors (Lipinski definition) is 2. The SMILES string of the molecule is O=C(Cc1ccccc1C(=O)O)NCCCC1CC1. The van der Waals surface area contributed by atoms with Crippen LogP contribution >= 0.6 is 0 Å². The van der Waals surface area contributed by atoms with Crippen molar-refractivity contribution in [3.8, 4) is 0 Å². The van der Waals surface area contributed by atoms with Gasteiger partial charge in [0.05, 0.1) is 12.0 Å². The number of benzene rings is 1. The first-order valence-corrected chi connectivity index (χ1v) is 6.74. The molecule has 0 radical (unpaired) electrons. The van der Waals surface area contributed by atoms with Gasteiger partial charge in [0.2, 0.25) is 5.91 Å². The van der Waals surface area contributed by atoms with Gasteiger partial charge in [-0.1, -0.05) is 31.0 Å². The highest BCUT2D eigenvalue weighted by atomic mass is 16.4. The molecule has 2 rings (SSSR count). The molecule has 0 heterocycles. The third-order valence-corrected chi connectivity index (χ3v) is 3.41. The van der Waals surface area contributed by atoms with Gasteiger partial charge >= 0.3 is 5.97 Å². The molecule has 4 nitrogen and oxygen atoms in total. The predicted octanol–water partition coefficient (Wildman–Crippen LogP) is 2.23. The lowest BCUT2D eigenvalue weighted by molar-refractivity contribution is -0.120. The highest BCUT2D eigenvalue weighted by Crippen LogP contribution is 2.33. The van der Waals surface area contributed by atoms with E-state index >= 15 is 0 Å². The van der Waals surface area contributed by atoms with Gasteiger partial charge in [0.25, 0.3) is 0 Å². The van der Waals surface area contributed by atoms with Crippen LogP contribution in [-0.4, -0.2) is 23.5 Å². The Balaban J connectivity index is 1.78. The molecule has 1 aromatic carbocycles. The van der Waals surface area contributed by atoms with Crippen molar-refractivity contribution >= 4 is 11.9 Å². The molecule has 0 unspecified atom stereocenters.